The molecule has 0 bridgehead atoms. The first-order chi connectivity index (χ1) is 9.65. The first-order valence-corrected chi connectivity index (χ1v) is 6.60. The smallest absolute Gasteiger partial charge is 0.408 e. The molecule has 0 saturated carbocycles. The number of amides is 1. The van der Waals surface area contributed by atoms with Crippen LogP contribution in [-0.2, 0) is 9.53 Å². The van der Waals surface area contributed by atoms with E-state index in [1.54, 1.807) is 20.8 Å². The van der Waals surface area contributed by atoms with Gasteiger partial charge in [-0.25, -0.2) is 13.6 Å². The van der Waals surface area contributed by atoms with Crippen LogP contribution in [0.1, 0.15) is 38.8 Å². The van der Waals surface area contributed by atoms with E-state index in [2.05, 4.69) is 5.32 Å². The van der Waals surface area contributed by atoms with Crippen LogP contribution in [0.25, 0.3) is 0 Å². The molecule has 0 unspecified atom stereocenters. The van der Waals surface area contributed by atoms with Gasteiger partial charge in [-0.3, -0.25) is 0 Å². The minimum absolute atomic E-state index is 0.265. The normalized spacial score (nSPS) is 12.7. The Morgan fingerprint density at radius 2 is 1.95 bits per heavy atom. The Bertz CT molecular complexity index is 544. The number of nitrogens with one attached hydrogen (secondary N) is 1. The predicted molar refractivity (Wildman–Crippen MR) is 74.2 cm³/mol. The quantitative estimate of drug-likeness (QED) is 0.679. The fourth-order valence-corrected chi connectivity index (χ4v) is 1.94. The summed E-state index contributed by atoms with van der Waals surface area (Å²) in [7, 11) is 0. The fraction of sp³-hybridized carbons (Fsp3) is 0.429. The zero-order valence-corrected chi connectivity index (χ0v) is 12.6. The summed E-state index contributed by atoms with van der Waals surface area (Å²) in [5.41, 5.74) is -1.05. The summed E-state index contributed by atoms with van der Waals surface area (Å²) in [6.07, 6.45) is -0.642. The second-order valence-corrected chi connectivity index (χ2v) is 5.74. The van der Waals surface area contributed by atoms with Crippen LogP contribution in [0.2, 0.25) is 5.02 Å². The van der Waals surface area contributed by atoms with Crippen molar-refractivity contribution in [2.75, 3.05) is 0 Å². The number of aldehydes is 1. The van der Waals surface area contributed by atoms with E-state index in [0.29, 0.717) is 6.29 Å². The van der Waals surface area contributed by atoms with Crippen molar-refractivity contribution in [3.63, 3.8) is 0 Å². The highest BCUT2D eigenvalue weighted by molar-refractivity contribution is 6.31. The summed E-state index contributed by atoms with van der Waals surface area (Å²) < 4.78 is 32.3. The van der Waals surface area contributed by atoms with Gasteiger partial charge in [0.1, 0.15) is 23.5 Å². The summed E-state index contributed by atoms with van der Waals surface area (Å²) in [5.74, 6) is -1.65. The molecule has 1 N–H and O–H groups in total. The maximum Gasteiger partial charge on any atom is 0.408 e. The fourth-order valence-electron chi connectivity index (χ4n) is 1.66. The molecule has 1 atom stereocenters. The third-order valence-electron chi connectivity index (χ3n) is 2.45. The molecule has 1 rings (SSSR count). The Morgan fingerprint density at radius 1 is 1.38 bits per heavy atom. The zero-order chi connectivity index (χ0) is 16.2. The van der Waals surface area contributed by atoms with Crippen molar-refractivity contribution in [1.29, 1.82) is 0 Å². The average molecular weight is 320 g/mol. The van der Waals surface area contributed by atoms with Gasteiger partial charge in [0.15, 0.2) is 0 Å². The monoisotopic (exact) mass is 319 g/mol. The molecule has 7 heteroatoms. The van der Waals surface area contributed by atoms with E-state index in [1.807, 2.05) is 0 Å². The number of carbonyl (C=O) groups excluding carboxylic acids is 2. The van der Waals surface area contributed by atoms with E-state index in [-0.39, 0.29) is 12.0 Å². The molecule has 0 fully saturated rings. The number of carbonyl (C=O) groups is 2. The van der Waals surface area contributed by atoms with Gasteiger partial charge in [0.25, 0.3) is 0 Å². The number of hydrogen-bond acceptors (Lipinski definition) is 3. The lowest BCUT2D eigenvalue weighted by molar-refractivity contribution is -0.108. The lowest BCUT2D eigenvalue weighted by Crippen LogP contribution is -2.35. The molecule has 0 radical (unpaired) electrons. The van der Waals surface area contributed by atoms with Crippen molar-refractivity contribution < 1.29 is 23.1 Å². The summed E-state index contributed by atoms with van der Waals surface area (Å²) in [4.78, 5) is 22.4. The van der Waals surface area contributed by atoms with E-state index >= 15 is 0 Å². The second-order valence-electron chi connectivity index (χ2n) is 5.36. The molecule has 0 spiro atoms. The van der Waals surface area contributed by atoms with Crippen molar-refractivity contribution in [3.05, 3.63) is 34.4 Å². The van der Waals surface area contributed by atoms with Gasteiger partial charge in [0.05, 0.1) is 11.1 Å². The summed E-state index contributed by atoms with van der Waals surface area (Å²) >= 11 is 5.72. The van der Waals surface area contributed by atoms with Gasteiger partial charge in [-0.15, -0.1) is 0 Å². The Labute approximate surface area is 126 Å². The topological polar surface area (TPSA) is 55.4 Å². The summed E-state index contributed by atoms with van der Waals surface area (Å²) in [6.45, 7) is 4.95. The van der Waals surface area contributed by atoms with Gasteiger partial charge >= 0.3 is 6.09 Å². The van der Waals surface area contributed by atoms with E-state index < -0.39 is 34.4 Å². The minimum atomic E-state index is -1.11. The molecule has 116 valence electrons. The van der Waals surface area contributed by atoms with E-state index in [0.717, 1.165) is 12.1 Å². The van der Waals surface area contributed by atoms with Crippen molar-refractivity contribution in [2.45, 2.75) is 38.8 Å². The molecule has 1 aromatic rings. The van der Waals surface area contributed by atoms with Gasteiger partial charge in [-0.2, -0.15) is 0 Å². The number of hydrogen-bond donors (Lipinski definition) is 1. The molecule has 0 aliphatic rings. The maximum atomic E-state index is 13.8. The highest BCUT2D eigenvalue weighted by Gasteiger charge is 2.25. The van der Waals surface area contributed by atoms with Crippen LogP contribution in [0.3, 0.4) is 0 Å². The molecule has 0 aromatic heterocycles. The number of ether oxygens (including phenoxy) is 1. The van der Waals surface area contributed by atoms with Crippen molar-refractivity contribution in [3.8, 4) is 0 Å². The molecule has 0 saturated heterocycles. The van der Waals surface area contributed by atoms with Crippen LogP contribution >= 0.6 is 11.6 Å². The van der Waals surface area contributed by atoms with Crippen LogP contribution in [0.5, 0.6) is 0 Å². The molecule has 21 heavy (non-hydrogen) atoms. The maximum absolute atomic E-state index is 13.8. The van der Waals surface area contributed by atoms with Gasteiger partial charge in [-0.1, -0.05) is 11.6 Å². The summed E-state index contributed by atoms with van der Waals surface area (Å²) in [5, 5.41) is 1.84. The average Bonchev–Trinajstić information content (AvgIpc) is 2.32. The summed E-state index contributed by atoms with van der Waals surface area (Å²) in [6, 6.07) is 0.637. The highest BCUT2D eigenvalue weighted by Crippen LogP contribution is 2.30. The Balaban J connectivity index is 3.05. The Morgan fingerprint density at radius 3 is 2.48 bits per heavy atom. The first-order valence-electron chi connectivity index (χ1n) is 6.22. The number of halogens is 3. The molecule has 0 aliphatic carbocycles. The molecular weight excluding hydrogens is 304 g/mol. The molecule has 1 aromatic carbocycles. The second kappa shape index (κ2) is 6.85. The van der Waals surface area contributed by atoms with Gasteiger partial charge in [-0.05, 0) is 32.9 Å². The largest absolute Gasteiger partial charge is 0.444 e. The predicted octanol–water partition coefficient (Wildman–Crippen LogP) is 3.77. The Hall–Kier alpha value is -1.69. The van der Waals surface area contributed by atoms with Crippen molar-refractivity contribution in [1.82, 2.24) is 5.32 Å². The van der Waals surface area contributed by atoms with E-state index in [9.17, 15) is 18.4 Å². The first kappa shape index (κ1) is 17.4. The van der Waals surface area contributed by atoms with E-state index in [4.69, 9.17) is 16.3 Å². The molecule has 1 amide bonds. The number of rotatable bonds is 4. The third-order valence-corrected chi connectivity index (χ3v) is 2.83. The third kappa shape index (κ3) is 4.97. The minimum Gasteiger partial charge on any atom is -0.444 e. The highest BCUT2D eigenvalue weighted by atomic mass is 35.5. The van der Waals surface area contributed by atoms with Gasteiger partial charge in [0, 0.05) is 12.0 Å². The van der Waals surface area contributed by atoms with E-state index in [1.165, 1.54) is 0 Å². The Kier molecular flexibility index (Phi) is 5.66. The standard InChI is InChI=1S/C14H16ClF2NO3/c1-14(2,3)21-13(20)18-10(6-7-19)11-8(16)4-5-9(17)12(11)15/h4-5,7,10H,6H2,1-3H3,(H,18,20)/t10-/m1/s1. The van der Waals surface area contributed by atoms with Gasteiger partial charge < -0.3 is 14.8 Å². The van der Waals surface area contributed by atoms with Crippen LogP contribution in [0.15, 0.2) is 12.1 Å². The van der Waals surface area contributed by atoms with Gasteiger partial charge in [0.2, 0.25) is 0 Å². The van der Waals surface area contributed by atoms with Crippen molar-refractivity contribution >= 4 is 24.0 Å². The molecule has 0 heterocycles. The number of alkyl carbamates (subject to hydrolysis) is 1. The lowest BCUT2D eigenvalue weighted by atomic mass is 10.0. The number of benzene rings is 1. The lowest BCUT2D eigenvalue weighted by Gasteiger charge is -2.23. The van der Waals surface area contributed by atoms with Crippen LogP contribution in [-0.4, -0.2) is 18.0 Å². The van der Waals surface area contributed by atoms with Crippen LogP contribution in [0.4, 0.5) is 13.6 Å². The molecule has 4 nitrogen and oxygen atoms in total. The SMILES string of the molecule is CC(C)(C)OC(=O)N[C@H](CC=O)c1c(F)ccc(F)c1Cl. The molecule has 0 aliphatic heterocycles. The molecular formula is C14H16ClF2NO3. The zero-order valence-electron chi connectivity index (χ0n) is 11.9. The van der Waals surface area contributed by atoms with Crippen LogP contribution in [0, 0.1) is 11.6 Å². The van der Waals surface area contributed by atoms with Crippen molar-refractivity contribution in [2.24, 2.45) is 0 Å². The van der Waals surface area contributed by atoms with Crippen LogP contribution < -0.4 is 5.32 Å².